The van der Waals surface area contributed by atoms with Gasteiger partial charge in [-0.15, -0.1) is 0 Å². The molecule has 0 amide bonds. The molecule has 0 fully saturated rings. The van der Waals surface area contributed by atoms with E-state index < -0.39 is 0 Å². The number of aromatic nitrogens is 1. The molecule has 2 aromatic rings. The average molecular weight is 277 g/mol. The zero-order valence-corrected chi connectivity index (χ0v) is 11.8. The summed E-state index contributed by atoms with van der Waals surface area (Å²) in [6.45, 7) is 4.67. The molecule has 1 aromatic heterocycles. The minimum Gasteiger partial charge on any atom is -0.473 e. The van der Waals surface area contributed by atoms with Crippen LogP contribution < -0.4 is 10.1 Å². The first-order chi connectivity index (χ1) is 9.15. The summed E-state index contributed by atoms with van der Waals surface area (Å²) in [6, 6.07) is 11.6. The topological polar surface area (TPSA) is 34.1 Å². The van der Waals surface area contributed by atoms with E-state index in [1.54, 1.807) is 6.20 Å². The lowest BCUT2D eigenvalue weighted by atomic mass is 10.2. The zero-order chi connectivity index (χ0) is 13.7. The first-order valence-corrected chi connectivity index (χ1v) is 6.63. The summed E-state index contributed by atoms with van der Waals surface area (Å²) in [5.74, 6) is 0.631. The van der Waals surface area contributed by atoms with Crippen LogP contribution >= 0.6 is 11.6 Å². The maximum absolute atomic E-state index is 5.86. The van der Waals surface area contributed by atoms with Crippen LogP contribution in [0.25, 0.3) is 0 Å². The van der Waals surface area contributed by atoms with Crippen molar-refractivity contribution in [2.24, 2.45) is 0 Å². The van der Waals surface area contributed by atoms with Gasteiger partial charge in [0.1, 0.15) is 0 Å². The molecular weight excluding hydrogens is 260 g/mol. The molecule has 0 bridgehead atoms. The summed E-state index contributed by atoms with van der Waals surface area (Å²) in [5.41, 5.74) is 2.05. The molecule has 3 nitrogen and oxygen atoms in total. The first-order valence-electron chi connectivity index (χ1n) is 6.25. The Morgan fingerprint density at radius 3 is 2.63 bits per heavy atom. The van der Waals surface area contributed by atoms with Crippen LogP contribution in [0.1, 0.15) is 19.4 Å². The second kappa shape index (κ2) is 6.43. The number of halogens is 1. The largest absolute Gasteiger partial charge is 0.473 e. The van der Waals surface area contributed by atoms with Crippen LogP contribution in [0.3, 0.4) is 0 Å². The predicted molar refractivity (Wildman–Crippen MR) is 78.8 cm³/mol. The fraction of sp³-hybridized carbons (Fsp3) is 0.267. The van der Waals surface area contributed by atoms with E-state index in [2.05, 4.69) is 10.3 Å². The standard InChI is InChI=1S/C15H17ClN2O/c1-11(2)19-15-14(4-3-9-17-15)18-10-12-5-7-13(16)8-6-12/h3-9,11,18H,10H2,1-2H3. The summed E-state index contributed by atoms with van der Waals surface area (Å²) in [6.07, 6.45) is 1.83. The van der Waals surface area contributed by atoms with Crippen LogP contribution in [-0.4, -0.2) is 11.1 Å². The third-order valence-electron chi connectivity index (χ3n) is 2.51. The summed E-state index contributed by atoms with van der Waals surface area (Å²) in [4.78, 5) is 4.24. The molecule has 0 saturated carbocycles. The molecule has 0 atom stereocenters. The molecule has 4 heteroatoms. The van der Waals surface area contributed by atoms with Gasteiger partial charge in [-0.25, -0.2) is 4.98 Å². The van der Waals surface area contributed by atoms with Gasteiger partial charge in [-0.2, -0.15) is 0 Å². The Kier molecular flexibility index (Phi) is 4.63. The predicted octanol–water partition coefficient (Wildman–Crippen LogP) is 4.13. The number of anilines is 1. The minimum atomic E-state index is 0.103. The lowest BCUT2D eigenvalue weighted by molar-refractivity contribution is 0.234. The van der Waals surface area contributed by atoms with Crippen LogP contribution in [0.15, 0.2) is 42.6 Å². The van der Waals surface area contributed by atoms with Gasteiger partial charge in [0.25, 0.3) is 0 Å². The van der Waals surface area contributed by atoms with E-state index in [1.807, 2.05) is 50.2 Å². The fourth-order valence-electron chi connectivity index (χ4n) is 1.64. The van der Waals surface area contributed by atoms with Gasteiger partial charge in [-0.05, 0) is 43.7 Å². The number of nitrogens with one attached hydrogen (secondary N) is 1. The quantitative estimate of drug-likeness (QED) is 0.891. The SMILES string of the molecule is CC(C)Oc1ncccc1NCc1ccc(Cl)cc1. The molecule has 0 aliphatic heterocycles. The van der Waals surface area contributed by atoms with Crippen LogP contribution in [-0.2, 0) is 6.54 Å². The molecule has 0 unspecified atom stereocenters. The summed E-state index contributed by atoms with van der Waals surface area (Å²) < 4.78 is 5.66. The van der Waals surface area contributed by atoms with E-state index >= 15 is 0 Å². The maximum Gasteiger partial charge on any atom is 0.237 e. The van der Waals surface area contributed by atoms with Crippen molar-refractivity contribution in [2.45, 2.75) is 26.5 Å². The van der Waals surface area contributed by atoms with Crippen molar-refractivity contribution in [3.8, 4) is 5.88 Å². The van der Waals surface area contributed by atoms with E-state index in [0.29, 0.717) is 12.4 Å². The van der Waals surface area contributed by atoms with E-state index in [4.69, 9.17) is 16.3 Å². The van der Waals surface area contributed by atoms with E-state index in [-0.39, 0.29) is 6.10 Å². The van der Waals surface area contributed by atoms with E-state index in [1.165, 1.54) is 0 Å². The highest BCUT2D eigenvalue weighted by Crippen LogP contribution is 2.22. The molecule has 1 heterocycles. The first kappa shape index (κ1) is 13.7. The Morgan fingerprint density at radius 2 is 1.95 bits per heavy atom. The Morgan fingerprint density at radius 1 is 1.21 bits per heavy atom. The number of ether oxygens (including phenoxy) is 1. The number of rotatable bonds is 5. The molecule has 1 N–H and O–H groups in total. The van der Waals surface area contributed by atoms with Gasteiger partial charge in [0.05, 0.1) is 11.8 Å². The van der Waals surface area contributed by atoms with Crippen molar-refractivity contribution in [1.82, 2.24) is 4.98 Å². The smallest absolute Gasteiger partial charge is 0.237 e. The highest BCUT2D eigenvalue weighted by Gasteiger charge is 2.06. The van der Waals surface area contributed by atoms with Gasteiger partial charge in [-0.1, -0.05) is 23.7 Å². The average Bonchev–Trinajstić information content (AvgIpc) is 2.39. The van der Waals surface area contributed by atoms with E-state index in [9.17, 15) is 0 Å². The van der Waals surface area contributed by atoms with Crippen molar-refractivity contribution >= 4 is 17.3 Å². The van der Waals surface area contributed by atoms with Gasteiger partial charge in [0, 0.05) is 17.8 Å². The fourth-order valence-corrected chi connectivity index (χ4v) is 1.77. The van der Waals surface area contributed by atoms with Crippen LogP contribution in [0.2, 0.25) is 5.02 Å². The van der Waals surface area contributed by atoms with Crippen molar-refractivity contribution < 1.29 is 4.74 Å². The number of nitrogens with zero attached hydrogens (tertiary/aromatic N) is 1. The van der Waals surface area contributed by atoms with Gasteiger partial charge >= 0.3 is 0 Å². The summed E-state index contributed by atoms with van der Waals surface area (Å²) in [7, 11) is 0. The van der Waals surface area contributed by atoms with Crippen molar-refractivity contribution in [3.05, 3.63) is 53.2 Å². The second-order valence-corrected chi connectivity index (χ2v) is 4.94. The highest BCUT2D eigenvalue weighted by atomic mass is 35.5. The third-order valence-corrected chi connectivity index (χ3v) is 2.77. The van der Waals surface area contributed by atoms with Crippen molar-refractivity contribution in [3.63, 3.8) is 0 Å². The lowest BCUT2D eigenvalue weighted by Gasteiger charge is -2.14. The normalized spacial score (nSPS) is 10.5. The monoisotopic (exact) mass is 276 g/mol. The number of benzene rings is 1. The Labute approximate surface area is 118 Å². The zero-order valence-electron chi connectivity index (χ0n) is 11.1. The molecule has 0 aliphatic rings. The van der Waals surface area contributed by atoms with Gasteiger partial charge in [-0.3, -0.25) is 0 Å². The molecule has 2 rings (SSSR count). The summed E-state index contributed by atoms with van der Waals surface area (Å²) in [5, 5.41) is 4.07. The number of hydrogen-bond donors (Lipinski definition) is 1. The van der Waals surface area contributed by atoms with Crippen LogP contribution in [0.4, 0.5) is 5.69 Å². The van der Waals surface area contributed by atoms with Gasteiger partial charge in [0.15, 0.2) is 0 Å². The summed E-state index contributed by atoms with van der Waals surface area (Å²) >= 11 is 5.86. The third kappa shape index (κ3) is 4.14. The van der Waals surface area contributed by atoms with Crippen molar-refractivity contribution in [2.75, 3.05) is 5.32 Å². The second-order valence-electron chi connectivity index (χ2n) is 4.50. The maximum atomic E-state index is 5.86. The number of pyridine rings is 1. The van der Waals surface area contributed by atoms with Gasteiger partial charge in [0.2, 0.25) is 5.88 Å². The molecular formula is C15H17ClN2O. The van der Waals surface area contributed by atoms with Crippen molar-refractivity contribution in [1.29, 1.82) is 0 Å². The highest BCUT2D eigenvalue weighted by molar-refractivity contribution is 6.30. The number of hydrogen-bond acceptors (Lipinski definition) is 3. The van der Waals surface area contributed by atoms with Crippen LogP contribution in [0.5, 0.6) is 5.88 Å². The molecule has 1 aromatic carbocycles. The Balaban J connectivity index is 2.04. The van der Waals surface area contributed by atoms with Crippen LogP contribution in [0, 0.1) is 0 Å². The lowest BCUT2D eigenvalue weighted by Crippen LogP contribution is -2.10. The molecule has 0 spiro atoms. The van der Waals surface area contributed by atoms with Gasteiger partial charge < -0.3 is 10.1 Å². The van der Waals surface area contributed by atoms with E-state index in [0.717, 1.165) is 16.3 Å². The molecule has 0 radical (unpaired) electrons. The molecule has 0 aliphatic carbocycles. The molecule has 0 saturated heterocycles. The molecule has 19 heavy (non-hydrogen) atoms. The Bertz CT molecular complexity index is 526. The Hall–Kier alpha value is -1.74. The molecule has 100 valence electrons. The minimum absolute atomic E-state index is 0.103.